The number of nitrogens with zero attached hydrogens (tertiary/aromatic N) is 2. The van der Waals surface area contributed by atoms with Gasteiger partial charge in [0.25, 0.3) is 5.91 Å². The van der Waals surface area contributed by atoms with Crippen LogP contribution in [0.2, 0.25) is 0 Å². The Kier molecular flexibility index (Phi) is 5.49. The molecule has 2 aromatic heterocycles. The molecule has 0 aliphatic heterocycles. The van der Waals surface area contributed by atoms with E-state index < -0.39 is 10.8 Å². The molecule has 3 rings (SSSR count). The molecule has 0 aliphatic rings. The maximum absolute atomic E-state index is 12.2. The van der Waals surface area contributed by atoms with E-state index in [1.807, 2.05) is 0 Å². The molecule has 1 aromatic carbocycles. The fourth-order valence-electron chi connectivity index (χ4n) is 1.96. The lowest BCUT2D eigenvalue weighted by molar-refractivity contribution is -0.380. The van der Waals surface area contributed by atoms with E-state index in [9.17, 15) is 19.7 Å². The van der Waals surface area contributed by atoms with E-state index in [1.165, 1.54) is 42.3 Å². The second kappa shape index (κ2) is 7.81. The van der Waals surface area contributed by atoms with Crippen molar-refractivity contribution in [3.63, 3.8) is 0 Å². The van der Waals surface area contributed by atoms with E-state index in [-0.39, 0.29) is 21.6 Å². The number of fused-ring (bicyclic) bond motifs is 1. The maximum atomic E-state index is 12.2. The predicted molar refractivity (Wildman–Crippen MR) is 101 cm³/mol. The van der Waals surface area contributed by atoms with E-state index >= 15 is 0 Å². The van der Waals surface area contributed by atoms with Crippen molar-refractivity contribution in [2.75, 3.05) is 18.2 Å². The van der Waals surface area contributed by atoms with Crippen LogP contribution in [-0.2, 0) is 9.53 Å². The van der Waals surface area contributed by atoms with Gasteiger partial charge in [-0.2, -0.15) is 0 Å². The summed E-state index contributed by atoms with van der Waals surface area (Å²) in [6.45, 7) is 0. The molecule has 0 spiro atoms. The van der Waals surface area contributed by atoms with Gasteiger partial charge in [-0.1, -0.05) is 23.1 Å². The van der Waals surface area contributed by atoms with E-state index in [0.717, 1.165) is 25.9 Å². The fraction of sp³-hybridized carbons (Fsp3) is 0.133. The third-order valence-electron chi connectivity index (χ3n) is 3.16. The Balaban J connectivity index is 1.72. The zero-order valence-corrected chi connectivity index (χ0v) is 15.7. The number of nitrogens with one attached hydrogen (secondary N) is 1. The van der Waals surface area contributed by atoms with Gasteiger partial charge < -0.3 is 10.1 Å². The first kappa shape index (κ1) is 18.3. The van der Waals surface area contributed by atoms with Crippen LogP contribution in [0.15, 0.2) is 34.7 Å². The van der Waals surface area contributed by atoms with Gasteiger partial charge in [-0.25, -0.2) is 4.98 Å². The van der Waals surface area contributed by atoms with Crippen molar-refractivity contribution in [3.05, 3.63) is 45.3 Å². The minimum atomic E-state index is -0.529. The first-order valence-electron chi connectivity index (χ1n) is 7.12. The van der Waals surface area contributed by atoms with Gasteiger partial charge in [0, 0.05) is 11.8 Å². The van der Waals surface area contributed by atoms with Gasteiger partial charge in [0.15, 0.2) is 4.34 Å². The molecule has 0 unspecified atom stereocenters. The summed E-state index contributed by atoms with van der Waals surface area (Å²) in [5, 5.41) is 13.3. The molecular weight excluding hydrogens is 398 g/mol. The Labute approximate surface area is 159 Å². The normalized spacial score (nSPS) is 10.7. The van der Waals surface area contributed by atoms with Crippen molar-refractivity contribution in [2.45, 2.75) is 4.34 Å². The standard InChI is InChI=1S/C15H11N3O5S3/c1-23-13(19)7-24-15-17-9-3-2-8(6-11(9)26-15)16-14(20)10-4-5-12(25-10)18(21)22/h2-6H,7H2,1H3,(H,16,20). The monoisotopic (exact) mass is 409 g/mol. The number of anilines is 1. The van der Waals surface area contributed by atoms with Crippen LogP contribution in [0.1, 0.15) is 9.67 Å². The second-order valence-corrected chi connectivity index (χ2v) is 8.19. The Hall–Kier alpha value is -2.50. The van der Waals surface area contributed by atoms with Gasteiger partial charge in [-0.15, -0.1) is 11.3 Å². The molecule has 11 heteroatoms. The second-order valence-electron chi connectivity index (χ2n) is 4.88. The molecule has 8 nitrogen and oxygen atoms in total. The molecule has 134 valence electrons. The first-order valence-corrected chi connectivity index (χ1v) is 9.74. The summed E-state index contributed by atoms with van der Waals surface area (Å²) in [5.74, 6) is -0.559. The topological polar surface area (TPSA) is 111 Å². The van der Waals surface area contributed by atoms with Crippen LogP contribution in [0.5, 0.6) is 0 Å². The number of thiophene rings is 1. The number of carbonyl (C=O) groups is 2. The van der Waals surface area contributed by atoms with Gasteiger partial charge in [-0.05, 0) is 24.3 Å². The predicted octanol–water partition coefficient (Wildman–Crippen LogP) is 3.78. The Morgan fingerprint density at radius 3 is 2.81 bits per heavy atom. The van der Waals surface area contributed by atoms with Gasteiger partial charge >= 0.3 is 11.0 Å². The average Bonchev–Trinajstić information content (AvgIpc) is 3.26. The largest absolute Gasteiger partial charge is 0.468 e. The number of benzene rings is 1. The minimum Gasteiger partial charge on any atom is -0.468 e. The average molecular weight is 409 g/mol. The molecule has 2 heterocycles. The van der Waals surface area contributed by atoms with E-state index in [1.54, 1.807) is 18.2 Å². The first-order chi connectivity index (χ1) is 12.5. The fourth-order valence-corrected chi connectivity index (χ4v) is 4.62. The van der Waals surface area contributed by atoms with Crippen molar-refractivity contribution >= 4 is 67.2 Å². The molecule has 1 amide bonds. The highest BCUT2D eigenvalue weighted by atomic mass is 32.2. The van der Waals surface area contributed by atoms with Gasteiger partial charge in [-0.3, -0.25) is 19.7 Å². The van der Waals surface area contributed by atoms with E-state index in [0.29, 0.717) is 5.69 Å². The lowest BCUT2D eigenvalue weighted by Crippen LogP contribution is -2.09. The highest BCUT2D eigenvalue weighted by Crippen LogP contribution is 2.32. The van der Waals surface area contributed by atoms with Gasteiger partial charge in [0.1, 0.15) is 0 Å². The minimum absolute atomic E-state index is 0.0830. The highest BCUT2D eigenvalue weighted by Gasteiger charge is 2.16. The highest BCUT2D eigenvalue weighted by molar-refractivity contribution is 8.01. The number of carbonyl (C=O) groups excluding carboxylic acids is 2. The molecule has 0 fully saturated rings. The number of amides is 1. The van der Waals surface area contributed by atoms with Crippen LogP contribution in [0.3, 0.4) is 0 Å². The lowest BCUT2D eigenvalue weighted by Gasteiger charge is -2.02. The van der Waals surface area contributed by atoms with Crippen LogP contribution in [0.4, 0.5) is 10.7 Å². The Morgan fingerprint density at radius 1 is 1.31 bits per heavy atom. The zero-order chi connectivity index (χ0) is 18.7. The molecule has 0 radical (unpaired) electrons. The van der Waals surface area contributed by atoms with Gasteiger partial charge in [0.2, 0.25) is 0 Å². The smallest absolute Gasteiger partial charge is 0.324 e. The van der Waals surface area contributed by atoms with Crippen molar-refractivity contribution < 1.29 is 19.2 Å². The summed E-state index contributed by atoms with van der Waals surface area (Å²) in [7, 11) is 1.33. The number of aromatic nitrogens is 1. The molecule has 0 atom stereocenters. The van der Waals surface area contributed by atoms with E-state index in [2.05, 4.69) is 15.0 Å². The van der Waals surface area contributed by atoms with E-state index in [4.69, 9.17) is 0 Å². The molecule has 0 saturated carbocycles. The van der Waals surface area contributed by atoms with Crippen molar-refractivity contribution in [1.82, 2.24) is 4.98 Å². The quantitative estimate of drug-likeness (QED) is 0.285. The summed E-state index contributed by atoms with van der Waals surface area (Å²) in [6.07, 6.45) is 0. The number of thioether (sulfide) groups is 1. The van der Waals surface area contributed by atoms with Gasteiger partial charge in [0.05, 0.1) is 32.9 Å². The third kappa shape index (κ3) is 4.18. The molecule has 1 N–H and O–H groups in total. The molecule has 0 saturated heterocycles. The number of ether oxygens (including phenoxy) is 1. The van der Waals surface area contributed by atoms with Crippen molar-refractivity contribution in [1.29, 1.82) is 0 Å². The number of hydrogen-bond donors (Lipinski definition) is 1. The number of methoxy groups -OCH3 is 1. The zero-order valence-electron chi connectivity index (χ0n) is 13.3. The SMILES string of the molecule is COC(=O)CSc1nc2ccc(NC(=O)c3ccc([N+](=O)[O-])s3)cc2s1. The maximum Gasteiger partial charge on any atom is 0.324 e. The molecule has 26 heavy (non-hydrogen) atoms. The van der Waals surface area contributed by atoms with Crippen molar-refractivity contribution in [2.24, 2.45) is 0 Å². The molecule has 0 bridgehead atoms. The number of thiazole rings is 1. The lowest BCUT2D eigenvalue weighted by atomic mass is 10.3. The number of rotatable bonds is 6. The van der Waals surface area contributed by atoms with Crippen LogP contribution in [-0.4, -0.2) is 34.6 Å². The van der Waals surface area contributed by atoms with Crippen LogP contribution >= 0.6 is 34.4 Å². The number of esters is 1. The Bertz CT molecular complexity index is 997. The van der Waals surface area contributed by atoms with Crippen LogP contribution in [0.25, 0.3) is 10.2 Å². The molecule has 3 aromatic rings. The summed E-state index contributed by atoms with van der Waals surface area (Å²) in [4.78, 5) is 38.3. The summed E-state index contributed by atoms with van der Waals surface area (Å²) < 4.78 is 6.17. The number of nitro groups is 1. The Morgan fingerprint density at radius 2 is 2.12 bits per heavy atom. The summed E-state index contributed by atoms with van der Waals surface area (Å²) in [6, 6.07) is 7.97. The number of hydrogen-bond acceptors (Lipinski definition) is 9. The van der Waals surface area contributed by atoms with Crippen LogP contribution < -0.4 is 5.32 Å². The van der Waals surface area contributed by atoms with Crippen molar-refractivity contribution in [3.8, 4) is 0 Å². The summed E-state index contributed by atoms with van der Waals surface area (Å²) in [5.41, 5.74) is 1.32. The van der Waals surface area contributed by atoms with Crippen LogP contribution in [0, 0.1) is 10.1 Å². The molecular formula is C15H11N3O5S3. The molecule has 0 aliphatic carbocycles. The third-order valence-corrected chi connectivity index (χ3v) is 6.33. The summed E-state index contributed by atoms with van der Waals surface area (Å²) >= 11 is 3.50.